The Hall–Kier alpha value is 0.300. The number of thioether (sulfide) groups is 1. The maximum Gasteiger partial charge on any atom is 0.0931 e. The van der Waals surface area contributed by atoms with Gasteiger partial charge in [0, 0.05) is 16.7 Å². The minimum atomic E-state index is 0.265. The lowest BCUT2D eigenvalue weighted by Gasteiger charge is -2.08. The lowest BCUT2D eigenvalue weighted by atomic mass is 10.2. The summed E-state index contributed by atoms with van der Waals surface area (Å²) < 4.78 is 0.855. The van der Waals surface area contributed by atoms with Crippen LogP contribution >= 0.6 is 34.7 Å². The van der Waals surface area contributed by atoms with Gasteiger partial charge in [-0.15, -0.1) is 11.3 Å². The monoisotopic (exact) mass is 249 g/mol. The van der Waals surface area contributed by atoms with Gasteiger partial charge in [-0.2, -0.15) is 11.8 Å². The fourth-order valence-corrected chi connectivity index (χ4v) is 3.21. The molecule has 1 aromatic rings. The van der Waals surface area contributed by atoms with Gasteiger partial charge in [0.05, 0.1) is 4.34 Å². The number of rotatable bonds is 6. The molecule has 1 rings (SSSR count). The van der Waals surface area contributed by atoms with Crippen LogP contribution < -0.4 is 5.73 Å². The Morgan fingerprint density at radius 1 is 1.57 bits per heavy atom. The minimum absolute atomic E-state index is 0.265. The third-order valence-corrected chi connectivity index (χ3v) is 4.39. The maximum absolute atomic E-state index is 6.00. The van der Waals surface area contributed by atoms with E-state index in [1.54, 1.807) is 11.3 Å². The van der Waals surface area contributed by atoms with Crippen LogP contribution in [0.25, 0.3) is 0 Å². The highest BCUT2D eigenvalue weighted by atomic mass is 35.5. The van der Waals surface area contributed by atoms with Crippen LogP contribution in [-0.2, 0) is 6.42 Å². The summed E-state index contributed by atoms with van der Waals surface area (Å²) >= 11 is 9.41. The molecule has 1 aromatic heterocycles. The van der Waals surface area contributed by atoms with Crippen molar-refractivity contribution in [2.45, 2.75) is 25.8 Å². The molecular formula is C10H16ClNS2. The van der Waals surface area contributed by atoms with Crippen LogP contribution in [0.5, 0.6) is 0 Å². The SMILES string of the molecule is CCCSCC(N)Cc1ccc(Cl)s1. The van der Waals surface area contributed by atoms with Gasteiger partial charge in [0.15, 0.2) is 0 Å². The first kappa shape index (κ1) is 12.4. The van der Waals surface area contributed by atoms with E-state index in [-0.39, 0.29) is 6.04 Å². The predicted molar refractivity (Wildman–Crippen MR) is 68.6 cm³/mol. The Bertz CT molecular complexity index is 262. The first-order valence-corrected chi connectivity index (χ1v) is 7.14. The van der Waals surface area contributed by atoms with Crippen LogP contribution in [0.2, 0.25) is 4.34 Å². The average molecular weight is 250 g/mol. The molecule has 1 heterocycles. The highest BCUT2D eigenvalue weighted by Gasteiger charge is 2.05. The molecule has 80 valence electrons. The van der Waals surface area contributed by atoms with Crippen LogP contribution in [0, 0.1) is 0 Å². The second-order valence-corrected chi connectivity index (χ2v) is 6.19. The molecule has 0 aliphatic carbocycles. The zero-order valence-electron chi connectivity index (χ0n) is 8.33. The van der Waals surface area contributed by atoms with E-state index in [4.69, 9.17) is 17.3 Å². The lowest BCUT2D eigenvalue weighted by Crippen LogP contribution is -2.25. The van der Waals surface area contributed by atoms with Crippen LogP contribution in [-0.4, -0.2) is 17.5 Å². The molecule has 1 atom stereocenters. The zero-order valence-corrected chi connectivity index (χ0v) is 10.7. The van der Waals surface area contributed by atoms with Crippen LogP contribution in [0.3, 0.4) is 0 Å². The summed E-state index contributed by atoms with van der Waals surface area (Å²) in [5, 5.41) is 0. The molecular weight excluding hydrogens is 234 g/mol. The van der Waals surface area contributed by atoms with Crippen molar-refractivity contribution in [1.82, 2.24) is 0 Å². The van der Waals surface area contributed by atoms with Crippen LogP contribution in [0.4, 0.5) is 0 Å². The molecule has 0 bridgehead atoms. The molecule has 0 amide bonds. The van der Waals surface area contributed by atoms with Gasteiger partial charge >= 0.3 is 0 Å². The average Bonchev–Trinajstić information content (AvgIpc) is 2.52. The van der Waals surface area contributed by atoms with E-state index in [0.29, 0.717) is 0 Å². The normalized spacial score (nSPS) is 13.1. The fraction of sp³-hybridized carbons (Fsp3) is 0.600. The number of thiophene rings is 1. The van der Waals surface area contributed by atoms with Gasteiger partial charge in [-0.1, -0.05) is 18.5 Å². The van der Waals surface area contributed by atoms with E-state index >= 15 is 0 Å². The molecule has 2 N–H and O–H groups in total. The molecule has 0 aromatic carbocycles. The van der Waals surface area contributed by atoms with Crippen molar-refractivity contribution in [2.75, 3.05) is 11.5 Å². The summed E-state index contributed by atoms with van der Waals surface area (Å²) in [6.07, 6.45) is 2.18. The molecule has 0 aliphatic heterocycles. The van der Waals surface area contributed by atoms with Crippen molar-refractivity contribution in [3.05, 3.63) is 21.3 Å². The van der Waals surface area contributed by atoms with Crippen molar-refractivity contribution in [3.8, 4) is 0 Å². The number of nitrogens with two attached hydrogens (primary N) is 1. The fourth-order valence-electron chi connectivity index (χ4n) is 1.16. The standard InChI is InChI=1S/C10H16ClNS2/c1-2-5-13-7-8(12)6-9-3-4-10(11)14-9/h3-4,8H,2,5-7,12H2,1H3. The topological polar surface area (TPSA) is 26.0 Å². The molecule has 14 heavy (non-hydrogen) atoms. The highest BCUT2D eigenvalue weighted by molar-refractivity contribution is 7.99. The summed E-state index contributed by atoms with van der Waals surface area (Å²) in [5.41, 5.74) is 6.00. The van der Waals surface area contributed by atoms with Gasteiger partial charge in [0.2, 0.25) is 0 Å². The van der Waals surface area contributed by atoms with Gasteiger partial charge in [0.25, 0.3) is 0 Å². The Kier molecular flexibility index (Phi) is 5.94. The molecule has 0 saturated heterocycles. The number of hydrogen-bond donors (Lipinski definition) is 1. The third kappa shape index (κ3) is 4.69. The quantitative estimate of drug-likeness (QED) is 0.782. The molecule has 4 heteroatoms. The van der Waals surface area contributed by atoms with E-state index in [0.717, 1.165) is 16.5 Å². The molecule has 1 nitrogen and oxygen atoms in total. The Morgan fingerprint density at radius 3 is 2.93 bits per heavy atom. The van der Waals surface area contributed by atoms with Gasteiger partial charge in [-0.05, 0) is 30.7 Å². The van der Waals surface area contributed by atoms with Gasteiger partial charge in [0.1, 0.15) is 0 Å². The summed E-state index contributed by atoms with van der Waals surface area (Å²) in [7, 11) is 0. The molecule has 0 radical (unpaired) electrons. The lowest BCUT2D eigenvalue weighted by molar-refractivity contribution is 0.757. The van der Waals surface area contributed by atoms with E-state index in [1.807, 2.05) is 17.8 Å². The van der Waals surface area contributed by atoms with E-state index < -0.39 is 0 Å². The van der Waals surface area contributed by atoms with Crippen molar-refractivity contribution in [1.29, 1.82) is 0 Å². The first-order chi connectivity index (χ1) is 6.72. The highest BCUT2D eigenvalue weighted by Crippen LogP contribution is 2.22. The Balaban J connectivity index is 2.23. The largest absolute Gasteiger partial charge is 0.327 e. The summed E-state index contributed by atoms with van der Waals surface area (Å²) in [6, 6.07) is 4.27. The van der Waals surface area contributed by atoms with Crippen molar-refractivity contribution >= 4 is 34.7 Å². The molecule has 0 aliphatic rings. The first-order valence-electron chi connectivity index (χ1n) is 4.80. The molecule has 0 saturated carbocycles. The second-order valence-electron chi connectivity index (χ2n) is 3.24. The van der Waals surface area contributed by atoms with E-state index in [2.05, 4.69) is 13.0 Å². The van der Waals surface area contributed by atoms with Gasteiger partial charge in [-0.3, -0.25) is 0 Å². The summed E-state index contributed by atoms with van der Waals surface area (Å²) in [5.74, 6) is 2.25. The van der Waals surface area contributed by atoms with Crippen LogP contribution in [0.15, 0.2) is 12.1 Å². The van der Waals surface area contributed by atoms with Crippen molar-refractivity contribution in [3.63, 3.8) is 0 Å². The smallest absolute Gasteiger partial charge is 0.0931 e. The van der Waals surface area contributed by atoms with E-state index in [1.165, 1.54) is 17.1 Å². The Labute approximate surface area is 99.0 Å². The molecule has 0 fully saturated rings. The summed E-state index contributed by atoms with van der Waals surface area (Å²) in [4.78, 5) is 1.29. The number of halogens is 1. The molecule has 1 unspecified atom stereocenters. The Morgan fingerprint density at radius 2 is 2.36 bits per heavy atom. The third-order valence-electron chi connectivity index (χ3n) is 1.77. The second kappa shape index (κ2) is 6.72. The minimum Gasteiger partial charge on any atom is -0.327 e. The van der Waals surface area contributed by atoms with Crippen molar-refractivity contribution < 1.29 is 0 Å². The maximum atomic E-state index is 6.00. The summed E-state index contributed by atoms with van der Waals surface area (Å²) in [6.45, 7) is 2.19. The van der Waals surface area contributed by atoms with E-state index in [9.17, 15) is 0 Å². The zero-order chi connectivity index (χ0) is 10.4. The van der Waals surface area contributed by atoms with Gasteiger partial charge < -0.3 is 5.73 Å². The molecule has 0 spiro atoms. The van der Waals surface area contributed by atoms with Crippen LogP contribution in [0.1, 0.15) is 18.2 Å². The predicted octanol–water partition coefficient (Wildman–Crippen LogP) is 3.41. The number of hydrogen-bond acceptors (Lipinski definition) is 3. The van der Waals surface area contributed by atoms with Gasteiger partial charge in [-0.25, -0.2) is 0 Å². The van der Waals surface area contributed by atoms with Crippen molar-refractivity contribution in [2.24, 2.45) is 5.73 Å².